The molecule has 1 amide bonds. The largest absolute Gasteiger partial charge is 0.507 e. The van der Waals surface area contributed by atoms with E-state index in [4.69, 9.17) is 4.74 Å². The number of phenols is 1. The van der Waals surface area contributed by atoms with Crippen LogP contribution in [0.2, 0.25) is 0 Å². The van der Waals surface area contributed by atoms with Gasteiger partial charge < -0.3 is 15.2 Å². The quantitative estimate of drug-likeness (QED) is 0.821. The van der Waals surface area contributed by atoms with E-state index in [2.05, 4.69) is 12.2 Å². The molecule has 138 valence electrons. The van der Waals surface area contributed by atoms with Gasteiger partial charge in [0.05, 0.1) is 0 Å². The lowest BCUT2D eigenvalue weighted by atomic mass is 9.88. The fourth-order valence-corrected chi connectivity index (χ4v) is 3.66. The second-order valence-electron chi connectivity index (χ2n) is 7.42. The van der Waals surface area contributed by atoms with E-state index in [9.17, 15) is 9.90 Å². The van der Waals surface area contributed by atoms with Crippen LogP contribution in [0.4, 0.5) is 5.69 Å². The van der Waals surface area contributed by atoms with Gasteiger partial charge in [0.2, 0.25) is 5.91 Å². The molecule has 0 spiro atoms. The number of amides is 1. The topological polar surface area (TPSA) is 58.6 Å². The number of hydrogen-bond donors (Lipinski definition) is 2. The number of benzene rings is 2. The standard InChI is InChI=1S/C22H27NO3/c1-6-8-19(24)23-17-10-7-9-16(11-17)22(5)12-18-15(4)20(25)13(2)14(3)21(18)26-22/h7,9-11,25H,6,8,12H2,1-5H3,(H,23,24). The van der Waals surface area contributed by atoms with E-state index in [-0.39, 0.29) is 5.91 Å². The van der Waals surface area contributed by atoms with E-state index in [0.29, 0.717) is 18.6 Å². The lowest BCUT2D eigenvalue weighted by molar-refractivity contribution is -0.116. The summed E-state index contributed by atoms with van der Waals surface area (Å²) in [7, 11) is 0. The zero-order valence-corrected chi connectivity index (χ0v) is 16.2. The second kappa shape index (κ2) is 6.67. The van der Waals surface area contributed by atoms with Crippen molar-refractivity contribution in [1.29, 1.82) is 0 Å². The summed E-state index contributed by atoms with van der Waals surface area (Å²) in [5.41, 5.74) is 5.08. The number of rotatable bonds is 4. The number of carbonyl (C=O) groups excluding carboxylic acids is 1. The van der Waals surface area contributed by atoms with Gasteiger partial charge in [0.1, 0.15) is 17.1 Å². The van der Waals surface area contributed by atoms with Crippen molar-refractivity contribution < 1.29 is 14.6 Å². The molecule has 2 aromatic rings. The van der Waals surface area contributed by atoms with Crippen LogP contribution in [-0.2, 0) is 16.8 Å². The predicted octanol–water partition coefficient (Wildman–Crippen LogP) is 4.91. The molecule has 4 heteroatoms. The first-order valence-corrected chi connectivity index (χ1v) is 9.18. The molecule has 2 aromatic carbocycles. The first kappa shape index (κ1) is 18.3. The van der Waals surface area contributed by atoms with Crippen molar-refractivity contribution in [2.75, 3.05) is 5.32 Å². The van der Waals surface area contributed by atoms with Crippen LogP contribution in [-0.4, -0.2) is 11.0 Å². The number of carbonyl (C=O) groups is 1. The van der Waals surface area contributed by atoms with Gasteiger partial charge in [-0.2, -0.15) is 0 Å². The number of hydrogen-bond acceptors (Lipinski definition) is 3. The van der Waals surface area contributed by atoms with Crippen LogP contribution in [0.15, 0.2) is 24.3 Å². The Morgan fingerprint density at radius 2 is 1.96 bits per heavy atom. The molecular formula is C22H27NO3. The zero-order chi connectivity index (χ0) is 19.1. The summed E-state index contributed by atoms with van der Waals surface area (Å²) in [5.74, 6) is 1.26. The Bertz CT molecular complexity index is 833. The van der Waals surface area contributed by atoms with Gasteiger partial charge in [0, 0.05) is 24.1 Å². The van der Waals surface area contributed by atoms with Gasteiger partial charge in [0.15, 0.2) is 0 Å². The Labute approximate surface area is 155 Å². The van der Waals surface area contributed by atoms with Crippen LogP contribution in [0.25, 0.3) is 0 Å². The molecule has 0 saturated heterocycles. The van der Waals surface area contributed by atoms with Gasteiger partial charge in [-0.15, -0.1) is 0 Å². The van der Waals surface area contributed by atoms with Gasteiger partial charge in [-0.1, -0.05) is 19.1 Å². The van der Waals surface area contributed by atoms with Crippen molar-refractivity contribution in [3.8, 4) is 11.5 Å². The van der Waals surface area contributed by atoms with Crippen LogP contribution >= 0.6 is 0 Å². The summed E-state index contributed by atoms with van der Waals surface area (Å²) in [4.78, 5) is 11.9. The summed E-state index contributed by atoms with van der Waals surface area (Å²) >= 11 is 0. The summed E-state index contributed by atoms with van der Waals surface area (Å²) < 4.78 is 6.41. The smallest absolute Gasteiger partial charge is 0.224 e. The number of aromatic hydroxyl groups is 1. The van der Waals surface area contributed by atoms with Gasteiger partial charge in [-0.25, -0.2) is 0 Å². The number of phenolic OH excluding ortho intramolecular Hbond substituents is 1. The molecule has 26 heavy (non-hydrogen) atoms. The third kappa shape index (κ3) is 3.05. The first-order chi connectivity index (χ1) is 12.3. The van der Waals surface area contributed by atoms with Crippen LogP contribution < -0.4 is 10.1 Å². The summed E-state index contributed by atoms with van der Waals surface area (Å²) in [6.07, 6.45) is 2.03. The molecular weight excluding hydrogens is 326 g/mol. The second-order valence-corrected chi connectivity index (χ2v) is 7.42. The van der Waals surface area contributed by atoms with Crippen LogP contribution in [0.5, 0.6) is 11.5 Å². The fraction of sp³-hybridized carbons (Fsp3) is 0.409. The van der Waals surface area contributed by atoms with Crippen LogP contribution in [0, 0.1) is 20.8 Å². The van der Waals surface area contributed by atoms with E-state index >= 15 is 0 Å². The highest BCUT2D eigenvalue weighted by Crippen LogP contribution is 2.48. The molecule has 0 bridgehead atoms. The molecule has 0 aromatic heterocycles. The van der Waals surface area contributed by atoms with E-state index < -0.39 is 5.60 Å². The molecule has 2 N–H and O–H groups in total. The van der Waals surface area contributed by atoms with E-state index in [1.807, 2.05) is 52.0 Å². The minimum Gasteiger partial charge on any atom is -0.507 e. The number of fused-ring (bicyclic) bond motifs is 1. The third-order valence-electron chi connectivity index (χ3n) is 5.42. The van der Waals surface area contributed by atoms with Gasteiger partial charge in [-0.05, 0) is 68.5 Å². The molecule has 0 radical (unpaired) electrons. The third-order valence-corrected chi connectivity index (χ3v) is 5.42. The Balaban J connectivity index is 1.95. The van der Waals surface area contributed by atoms with Gasteiger partial charge >= 0.3 is 0 Å². The lowest BCUT2D eigenvalue weighted by Crippen LogP contribution is -2.27. The lowest BCUT2D eigenvalue weighted by Gasteiger charge is -2.25. The predicted molar refractivity (Wildman–Crippen MR) is 104 cm³/mol. The highest BCUT2D eigenvalue weighted by Gasteiger charge is 2.39. The minimum absolute atomic E-state index is 0.0256. The van der Waals surface area contributed by atoms with Crippen molar-refractivity contribution >= 4 is 11.6 Å². The highest BCUT2D eigenvalue weighted by molar-refractivity contribution is 5.90. The molecule has 1 unspecified atom stereocenters. The average molecular weight is 353 g/mol. The zero-order valence-electron chi connectivity index (χ0n) is 16.2. The van der Waals surface area contributed by atoms with Crippen molar-refractivity contribution in [1.82, 2.24) is 0 Å². The number of ether oxygens (including phenoxy) is 1. The Hall–Kier alpha value is -2.49. The summed E-state index contributed by atoms with van der Waals surface area (Å²) in [5, 5.41) is 13.3. The molecule has 4 nitrogen and oxygen atoms in total. The van der Waals surface area contributed by atoms with Crippen LogP contribution in [0.3, 0.4) is 0 Å². The van der Waals surface area contributed by atoms with Gasteiger partial charge in [-0.3, -0.25) is 4.79 Å². The minimum atomic E-state index is -0.524. The summed E-state index contributed by atoms with van der Waals surface area (Å²) in [6.45, 7) is 9.90. The van der Waals surface area contributed by atoms with Crippen molar-refractivity contribution in [3.63, 3.8) is 0 Å². The Kier molecular flexibility index (Phi) is 4.70. The SMILES string of the molecule is CCCC(=O)Nc1cccc(C2(C)Cc3c(C)c(O)c(C)c(C)c3O2)c1. The van der Waals surface area contributed by atoms with E-state index in [1.165, 1.54) is 0 Å². The van der Waals surface area contributed by atoms with Crippen LogP contribution in [0.1, 0.15) is 54.5 Å². The molecule has 1 aliphatic heterocycles. The van der Waals surface area contributed by atoms with E-state index in [0.717, 1.165) is 45.7 Å². The molecule has 0 aliphatic carbocycles. The first-order valence-electron chi connectivity index (χ1n) is 9.18. The molecule has 1 atom stereocenters. The Morgan fingerprint density at radius 3 is 2.65 bits per heavy atom. The normalized spacial score (nSPS) is 18.3. The number of anilines is 1. The molecule has 1 aliphatic rings. The maximum absolute atomic E-state index is 11.9. The average Bonchev–Trinajstić information content (AvgIpc) is 2.98. The maximum Gasteiger partial charge on any atom is 0.224 e. The number of nitrogens with one attached hydrogen (secondary N) is 1. The molecule has 0 fully saturated rings. The maximum atomic E-state index is 11.9. The van der Waals surface area contributed by atoms with Crippen molar-refractivity contribution in [2.45, 2.75) is 59.5 Å². The Morgan fingerprint density at radius 1 is 1.23 bits per heavy atom. The molecule has 0 saturated carbocycles. The summed E-state index contributed by atoms with van der Waals surface area (Å²) in [6, 6.07) is 7.85. The molecule has 1 heterocycles. The van der Waals surface area contributed by atoms with Crippen molar-refractivity contribution in [3.05, 3.63) is 52.1 Å². The van der Waals surface area contributed by atoms with E-state index in [1.54, 1.807) is 0 Å². The molecule has 3 rings (SSSR count). The van der Waals surface area contributed by atoms with Gasteiger partial charge in [0.25, 0.3) is 0 Å². The fourth-order valence-electron chi connectivity index (χ4n) is 3.66. The monoisotopic (exact) mass is 353 g/mol. The van der Waals surface area contributed by atoms with Crippen molar-refractivity contribution in [2.24, 2.45) is 0 Å². The highest BCUT2D eigenvalue weighted by atomic mass is 16.5.